The van der Waals surface area contributed by atoms with E-state index in [4.69, 9.17) is 9.31 Å². The predicted molar refractivity (Wildman–Crippen MR) is 95.0 cm³/mol. The summed E-state index contributed by atoms with van der Waals surface area (Å²) in [5.74, 6) is 0. The molecule has 0 amide bonds. The van der Waals surface area contributed by atoms with Crippen LogP contribution in [-0.2, 0) is 9.31 Å². The second-order valence-corrected chi connectivity index (χ2v) is 7.21. The van der Waals surface area contributed by atoms with Crippen molar-refractivity contribution in [2.45, 2.75) is 38.9 Å². The number of rotatable bonds is 1. The van der Waals surface area contributed by atoms with E-state index in [1.807, 2.05) is 12.3 Å². The molecule has 4 rings (SSSR count). The first-order valence-electron chi connectivity index (χ1n) is 8.00. The van der Waals surface area contributed by atoms with E-state index in [1.54, 1.807) is 0 Å². The normalized spacial score (nSPS) is 19.6. The zero-order valence-corrected chi connectivity index (χ0v) is 14.0. The van der Waals surface area contributed by atoms with Gasteiger partial charge in [-0.15, -0.1) is 0 Å². The van der Waals surface area contributed by atoms with Crippen LogP contribution in [-0.4, -0.2) is 23.3 Å². The van der Waals surface area contributed by atoms with Crippen LogP contribution in [0.1, 0.15) is 27.7 Å². The van der Waals surface area contributed by atoms with Gasteiger partial charge in [0.2, 0.25) is 0 Å². The first kappa shape index (κ1) is 14.7. The average Bonchev–Trinajstić information content (AvgIpc) is 2.75. The van der Waals surface area contributed by atoms with E-state index in [0.717, 1.165) is 27.1 Å². The van der Waals surface area contributed by atoms with Gasteiger partial charge in [0.15, 0.2) is 0 Å². The minimum atomic E-state index is -0.330. The number of hydrogen-bond acceptors (Lipinski definition) is 3. The van der Waals surface area contributed by atoms with E-state index in [9.17, 15) is 0 Å². The quantitative estimate of drug-likeness (QED) is 0.507. The van der Waals surface area contributed by atoms with Crippen LogP contribution in [0.15, 0.2) is 48.7 Å². The van der Waals surface area contributed by atoms with Crippen molar-refractivity contribution in [2.24, 2.45) is 0 Å². The first-order valence-corrected chi connectivity index (χ1v) is 8.00. The summed E-state index contributed by atoms with van der Waals surface area (Å²) in [5.41, 5.74) is 1.44. The van der Waals surface area contributed by atoms with Gasteiger partial charge in [0, 0.05) is 17.0 Å². The lowest BCUT2D eigenvalue weighted by molar-refractivity contribution is 0.00578. The van der Waals surface area contributed by atoms with Gasteiger partial charge in [-0.25, -0.2) is 0 Å². The third-order valence-corrected chi connectivity index (χ3v) is 5.14. The van der Waals surface area contributed by atoms with Crippen LogP contribution in [0.2, 0.25) is 0 Å². The number of nitrogens with zero attached hydrogens (tertiary/aromatic N) is 1. The molecule has 0 radical (unpaired) electrons. The van der Waals surface area contributed by atoms with Crippen molar-refractivity contribution in [3.63, 3.8) is 0 Å². The molecule has 2 aromatic carbocycles. The Labute approximate surface area is 136 Å². The van der Waals surface area contributed by atoms with Crippen LogP contribution < -0.4 is 5.46 Å². The number of fused-ring (bicyclic) bond motifs is 3. The molecule has 116 valence electrons. The van der Waals surface area contributed by atoms with E-state index in [2.05, 4.69) is 69.1 Å². The Balaban J connectivity index is 1.80. The van der Waals surface area contributed by atoms with Crippen LogP contribution in [0.4, 0.5) is 0 Å². The molecule has 2 heterocycles. The molecule has 4 heteroatoms. The molecule has 1 aromatic heterocycles. The highest BCUT2D eigenvalue weighted by Crippen LogP contribution is 2.36. The third-order valence-electron chi connectivity index (χ3n) is 5.14. The van der Waals surface area contributed by atoms with E-state index in [-0.39, 0.29) is 18.3 Å². The Morgan fingerprint density at radius 3 is 2.30 bits per heavy atom. The molecule has 3 nitrogen and oxygen atoms in total. The van der Waals surface area contributed by atoms with Crippen molar-refractivity contribution in [1.82, 2.24) is 4.98 Å². The molecule has 0 saturated carbocycles. The van der Waals surface area contributed by atoms with Gasteiger partial charge in [-0.2, -0.15) is 0 Å². The maximum Gasteiger partial charge on any atom is 0.494 e. The number of benzene rings is 2. The molecule has 23 heavy (non-hydrogen) atoms. The molecule has 1 saturated heterocycles. The molecule has 0 aliphatic carbocycles. The summed E-state index contributed by atoms with van der Waals surface area (Å²) in [5, 5.41) is 3.47. The van der Waals surface area contributed by atoms with Crippen LogP contribution in [0.3, 0.4) is 0 Å². The zero-order chi connectivity index (χ0) is 16.2. The Hall–Kier alpha value is -1.91. The Morgan fingerprint density at radius 1 is 0.870 bits per heavy atom. The van der Waals surface area contributed by atoms with Gasteiger partial charge in [0.05, 0.1) is 16.7 Å². The molecular weight excluding hydrogens is 285 g/mol. The third kappa shape index (κ3) is 2.25. The van der Waals surface area contributed by atoms with E-state index < -0.39 is 0 Å². The Kier molecular flexibility index (Phi) is 3.06. The predicted octanol–water partition coefficient (Wildman–Crippen LogP) is 3.69. The molecule has 0 unspecified atom stereocenters. The van der Waals surface area contributed by atoms with Gasteiger partial charge in [-0.1, -0.05) is 36.4 Å². The van der Waals surface area contributed by atoms with Crippen LogP contribution in [0.25, 0.3) is 21.7 Å². The molecular formula is C19H20BNO2. The second kappa shape index (κ2) is 4.79. The molecule has 3 aromatic rings. The molecule has 0 spiro atoms. The van der Waals surface area contributed by atoms with Gasteiger partial charge >= 0.3 is 7.12 Å². The van der Waals surface area contributed by atoms with E-state index in [0.29, 0.717) is 0 Å². The van der Waals surface area contributed by atoms with Gasteiger partial charge in [0.1, 0.15) is 0 Å². The van der Waals surface area contributed by atoms with Gasteiger partial charge in [-0.05, 0) is 44.6 Å². The molecule has 1 aliphatic rings. The number of aromatic nitrogens is 1. The summed E-state index contributed by atoms with van der Waals surface area (Å²) in [4.78, 5) is 4.52. The molecule has 0 bridgehead atoms. The van der Waals surface area contributed by atoms with Crippen molar-refractivity contribution >= 4 is 34.3 Å². The zero-order valence-electron chi connectivity index (χ0n) is 14.0. The van der Waals surface area contributed by atoms with Crippen LogP contribution >= 0.6 is 0 Å². The van der Waals surface area contributed by atoms with Gasteiger partial charge in [0.25, 0.3) is 0 Å². The van der Waals surface area contributed by atoms with Crippen molar-refractivity contribution in [3.05, 3.63) is 48.7 Å². The summed E-state index contributed by atoms with van der Waals surface area (Å²) >= 11 is 0. The second-order valence-electron chi connectivity index (χ2n) is 7.21. The van der Waals surface area contributed by atoms with Crippen LogP contribution in [0.5, 0.6) is 0 Å². The maximum absolute atomic E-state index is 6.15. The highest BCUT2D eigenvalue weighted by molar-refractivity contribution is 6.62. The van der Waals surface area contributed by atoms with E-state index in [1.165, 1.54) is 0 Å². The largest absolute Gasteiger partial charge is 0.494 e. The summed E-state index contributed by atoms with van der Waals surface area (Å²) < 4.78 is 12.3. The first-order chi connectivity index (χ1) is 10.9. The summed E-state index contributed by atoms with van der Waals surface area (Å²) in [7, 11) is -0.330. The fraction of sp³-hybridized carbons (Fsp3) is 0.316. The molecule has 0 atom stereocenters. The highest BCUT2D eigenvalue weighted by Gasteiger charge is 2.51. The smallest absolute Gasteiger partial charge is 0.399 e. The Bertz CT molecular complexity index is 888. The summed E-state index contributed by atoms with van der Waals surface area (Å²) in [6, 6.07) is 14.6. The molecule has 0 N–H and O–H groups in total. The standard InChI is InChI=1S/C19H20BNO2/c1-18(2)19(3,4)23-20(22-18)15-9-10-16-14(12-15)8-7-13-6-5-11-21-17(13)16/h5-12H,1-4H3. The van der Waals surface area contributed by atoms with Gasteiger partial charge in [-0.3, -0.25) is 4.98 Å². The summed E-state index contributed by atoms with van der Waals surface area (Å²) in [6.07, 6.45) is 1.84. The summed E-state index contributed by atoms with van der Waals surface area (Å²) in [6.45, 7) is 8.30. The minimum Gasteiger partial charge on any atom is -0.399 e. The maximum atomic E-state index is 6.15. The van der Waals surface area contributed by atoms with Crippen molar-refractivity contribution < 1.29 is 9.31 Å². The Morgan fingerprint density at radius 2 is 1.57 bits per heavy atom. The van der Waals surface area contributed by atoms with E-state index >= 15 is 0 Å². The topological polar surface area (TPSA) is 31.4 Å². The fourth-order valence-corrected chi connectivity index (χ4v) is 3.02. The van der Waals surface area contributed by atoms with Crippen molar-refractivity contribution in [1.29, 1.82) is 0 Å². The molecule has 1 aliphatic heterocycles. The lowest BCUT2D eigenvalue weighted by Gasteiger charge is -2.32. The number of pyridine rings is 1. The average molecular weight is 305 g/mol. The van der Waals surface area contributed by atoms with Crippen molar-refractivity contribution in [3.8, 4) is 0 Å². The number of hydrogen-bond donors (Lipinski definition) is 0. The lowest BCUT2D eigenvalue weighted by Crippen LogP contribution is -2.41. The van der Waals surface area contributed by atoms with Crippen molar-refractivity contribution in [2.75, 3.05) is 0 Å². The monoisotopic (exact) mass is 305 g/mol. The molecule has 1 fully saturated rings. The van der Waals surface area contributed by atoms with Crippen LogP contribution in [0, 0.1) is 0 Å². The minimum absolute atomic E-state index is 0.322. The fourth-order valence-electron chi connectivity index (χ4n) is 3.02. The SMILES string of the molecule is CC1(C)OB(c2ccc3c(ccc4cccnc43)c2)OC1(C)C. The highest BCUT2D eigenvalue weighted by atomic mass is 16.7. The lowest BCUT2D eigenvalue weighted by atomic mass is 9.78. The van der Waals surface area contributed by atoms with Gasteiger partial charge < -0.3 is 9.31 Å².